The minimum atomic E-state index is -5.77. The van der Waals surface area contributed by atoms with Crippen molar-refractivity contribution in [2.45, 2.75) is 63.6 Å². The van der Waals surface area contributed by atoms with Gasteiger partial charge in [-0.25, -0.2) is 13.4 Å². The summed E-state index contributed by atoms with van der Waals surface area (Å²) >= 11 is 0. The van der Waals surface area contributed by atoms with Crippen molar-refractivity contribution in [1.29, 1.82) is 0 Å². The van der Waals surface area contributed by atoms with E-state index >= 15 is 0 Å². The van der Waals surface area contributed by atoms with Gasteiger partial charge < -0.3 is 30.7 Å². The molecule has 2 heterocycles. The number of rotatable bonds is 14. The summed E-state index contributed by atoms with van der Waals surface area (Å²) in [6.07, 6.45) is -6.16. The second kappa shape index (κ2) is 18.3. The quantitative estimate of drug-likeness (QED) is 0.0707. The van der Waals surface area contributed by atoms with Gasteiger partial charge in [0.05, 0.1) is 17.5 Å². The Morgan fingerprint density at radius 2 is 1.59 bits per heavy atom. The van der Waals surface area contributed by atoms with Gasteiger partial charge in [0.1, 0.15) is 11.6 Å². The lowest BCUT2D eigenvalue weighted by Gasteiger charge is -2.20. The lowest BCUT2D eigenvalue weighted by atomic mass is 10.1. The number of anilines is 1. The fraction of sp³-hybridized carbons (Fsp3) is 0.353. The molecular formula is C34H37F6N7O8S. The molecule has 1 amide bonds. The van der Waals surface area contributed by atoms with Crippen LogP contribution in [0.2, 0.25) is 0 Å². The van der Waals surface area contributed by atoms with E-state index in [9.17, 15) is 58.7 Å². The summed E-state index contributed by atoms with van der Waals surface area (Å²) in [5, 5.41) is 6.03. The van der Waals surface area contributed by atoms with Crippen LogP contribution in [0.1, 0.15) is 39.0 Å². The van der Waals surface area contributed by atoms with Crippen molar-refractivity contribution in [3.63, 3.8) is 0 Å². The summed E-state index contributed by atoms with van der Waals surface area (Å²) in [5.74, 6) is -7.87. The minimum Gasteiger partial charge on any atom is -0.468 e. The van der Waals surface area contributed by atoms with Gasteiger partial charge >= 0.3 is 29.9 Å². The number of hydrogen-bond acceptors (Lipinski definition) is 11. The second-order valence-electron chi connectivity index (χ2n) is 12.1. The van der Waals surface area contributed by atoms with E-state index in [2.05, 4.69) is 25.3 Å². The van der Waals surface area contributed by atoms with Gasteiger partial charge in [-0.3, -0.25) is 24.0 Å². The van der Waals surface area contributed by atoms with Crippen molar-refractivity contribution in [2.24, 2.45) is 5.73 Å². The zero-order valence-electron chi connectivity index (χ0n) is 30.1. The summed E-state index contributed by atoms with van der Waals surface area (Å²) < 4.78 is 103. The zero-order chi connectivity index (χ0) is 42.2. The third kappa shape index (κ3) is 11.5. The van der Waals surface area contributed by atoms with Crippen LogP contribution in [0.25, 0.3) is 10.9 Å². The van der Waals surface area contributed by atoms with Gasteiger partial charge in [0, 0.05) is 43.6 Å². The number of esters is 1. The number of benzene rings is 2. The Morgan fingerprint density at radius 1 is 0.982 bits per heavy atom. The first-order valence-corrected chi connectivity index (χ1v) is 17.8. The van der Waals surface area contributed by atoms with E-state index in [1.165, 1.54) is 6.20 Å². The van der Waals surface area contributed by atoms with Gasteiger partial charge in [0.15, 0.2) is 5.95 Å². The summed E-state index contributed by atoms with van der Waals surface area (Å²) in [4.78, 5) is 65.8. The van der Waals surface area contributed by atoms with Crippen LogP contribution in [-0.4, -0.2) is 85.0 Å². The Balaban J connectivity index is 0.000000604. The summed E-state index contributed by atoms with van der Waals surface area (Å²) in [6, 6.07) is 7.31. The zero-order valence-corrected chi connectivity index (χ0v) is 31.0. The molecule has 15 nitrogen and oxygen atoms in total. The molecule has 4 aromatic rings. The Labute approximate surface area is 315 Å². The molecule has 0 aliphatic carbocycles. The van der Waals surface area contributed by atoms with E-state index in [1.807, 2.05) is 13.0 Å². The average Bonchev–Trinajstić information content (AvgIpc) is 3.64. The van der Waals surface area contributed by atoms with Gasteiger partial charge in [-0.05, 0) is 62.6 Å². The van der Waals surface area contributed by atoms with Crippen molar-refractivity contribution in [3.05, 3.63) is 87.0 Å². The van der Waals surface area contributed by atoms with Crippen LogP contribution < -0.4 is 26.5 Å². The number of fused-ring (bicyclic) bond motifs is 1. The monoisotopic (exact) mass is 817 g/mol. The third-order valence-corrected chi connectivity index (χ3v) is 9.57. The van der Waals surface area contributed by atoms with Crippen molar-refractivity contribution in [1.82, 2.24) is 24.6 Å². The first kappa shape index (κ1) is 44.8. The number of Topliss-reactive ketones (excluding diaryl/α,β-unsaturated/α-hetero) is 2. The number of aryl methyl sites for hydroxylation is 4. The average molecular weight is 818 g/mol. The molecule has 1 atom stereocenters. The first-order valence-electron chi connectivity index (χ1n) is 16.3. The SMILES string of the molecule is COC(=O)C(CNC(=O)c1cn(CCCN)c2cc(CNc3ncc[nH]3)ccc2c1=O)NS(=O)(=O)c1c(C)cc(C)cc1C.O=C(C(=O)C(F)(F)F)C(F)(F)F. The predicted octanol–water partition coefficient (Wildman–Crippen LogP) is 3.11. The Hall–Kier alpha value is -5.61. The molecule has 0 fully saturated rings. The number of hydrogen-bond donors (Lipinski definition) is 5. The van der Waals surface area contributed by atoms with Crippen molar-refractivity contribution >= 4 is 50.3 Å². The third-order valence-electron chi connectivity index (χ3n) is 7.80. The fourth-order valence-corrected chi connectivity index (χ4v) is 7.04. The number of carbonyl (C=O) groups is 4. The highest BCUT2D eigenvalue weighted by Gasteiger charge is 2.54. The molecule has 0 aliphatic heterocycles. The number of amides is 1. The maximum Gasteiger partial charge on any atom is 0.458 e. The maximum atomic E-state index is 13.5. The van der Waals surface area contributed by atoms with E-state index < -0.39 is 63.8 Å². The number of aromatic nitrogens is 3. The number of ether oxygens (including phenoxy) is 1. The molecule has 0 aliphatic rings. The highest BCUT2D eigenvalue weighted by Crippen LogP contribution is 2.24. The van der Waals surface area contributed by atoms with E-state index in [0.717, 1.165) is 18.2 Å². The summed E-state index contributed by atoms with van der Waals surface area (Å²) in [7, 11) is -3.06. The van der Waals surface area contributed by atoms with Gasteiger partial charge in [-0.1, -0.05) is 23.8 Å². The van der Waals surface area contributed by atoms with Crippen LogP contribution in [0.4, 0.5) is 32.3 Å². The predicted molar refractivity (Wildman–Crippen MR) is 189 cm³/mol. The van der Waals surface area contributed by atoms with Gasteiger partial charge in [0.2, 0.25) is 15.5 Å². The molecule has 2 aromatic carbocycles. The number of carbonyl (C=O) groups excluding carboxylic acids is 4. The molecule has 0 saturated carbocycles. The number of methoxy groups -OCH3 is 1. The Morgan fingerprint density at radius 3 is 2.11 bits per heavy atom. The summed E-state index contributed by atoms with van der Waals surface area (Å²) in [5.41, 5.74) is 8.51. The maximum absolute atomic E-state index is 13.5. The van der Waals surface area contributed by atoms with E-state index in [-0.39, 0.29) is 10.5 Å². The number of nitrogens with zero attached hydrogens (tertiary/aromatic N) is 2. The molecule has 22 heteroatoms. The van der Waals surface area contributed by atoms with Crippen LogP contribution in [0.3, 0.4) is 0 Å². The molecule has 2 aromatic heterocycles. The van der Waals surface area contributed by atoms with Crippen LogP contribution in [0, 0.1) is 20.8 Å². The number of alkyl halides is 6. The molecule has 56 heavy (non-hydrogen) atoms. The molecule has 0 saturated heterocycles. The van der Waals surface area contributed by atoms with Gasteiger partial charge in [0.25, 0.3) is 5.91 Å². The number of H-pyrrole nitrogens is 1. The molecule has 4 rings (SSSR count). The minimum absolute atomic E-state index is 0.0411. The number of nitrogens with two attached hydrogens (primary N) is 1. The van der Waals surface area contributed by atoms with Crippen LogP contribution >= 0.6 is 0 Å². The Kier molecular flexibility index (Phi) is 14.7. The molecular weight excluding hydrogens is 780 g/mol. The number of imidazole rings is 1. The number of pyridine rings is 1. The number of aromatic amines is 1. The van der Waals surface area contributed by atoms with Crippen molar-refractivity contribution < 1.29 is 58.7 Å². The lowest BCUT2D eigenvalue weighted by molar-refractivity contribution is -0.193. The highest BCUT2D eigenvalue weighted by molar-refractivity contribution is 7.89. The van der Waals surface area contributed by atoms with Crippen molar-refractivity contribution in [2.75, 3.05) is 25.5 Å². The largest absolute Gasteiger partial charge is 0.468 e. The lowest BCUT2D eigenvalue weighted by Crippen LogP contribution is -2.49. The normalized spacial score (nSPS) is 12.3. The first-order chi connectivity index (χ1) is 26.0. The van der Waals surface area contributed by atoms with Crippen LogP contribution in [0.5, 0.6) is 0 Å². The van der Waals surface area contributed by atoms with E-state index in [4.69, 9.17) is 10.5 Å². The molecule has 0 bridgehead atoms. The van der Waals surface area contributed by atoms with Crippen LogP contribution in [0.15, 0.2) is 58.6 Å². The van der Waals surface area contributed by atoms with Gasteiger partial charge in [-0.2, -0.15) is 31.1 Å². The number of ketones is 2. The molecule has 6 N–H and O–H groups in total. The summed E-state index contributed by atoms with van der Waals surface area (Å²) in [6.45, 7) is 6.02. The van der Waals surface area contributed by atoms with Crippen LogP contribution in [-0.2, 0) is 42.2 Å². The fourth-order valence-electron chi connectivity index (χ4n) is 5.40. The number of sulfonamides is 1. The Bertz CT molecular complexity index is 2210. The van der Waals surface area contributed by atoms with E-state index in [0.29, 0.717) is 54.0 Å². The number of nitrogens with one attached hydrogen (secondary N) is 4. The molecule has 0 spiro atoms. The van der Waals surface area contributed by atoms with E-state index in [1.54, 1.807) is 55.1 Å². The molecule has 0 radical (unpaired) electrons. The topological polar surface area (TPSA) is 224 Å². The van der Waals surface area contributed by atoms with Crippen molar-refractivity contribution in [3.8, 4) is 0 Å². The standard InChI is InChI=1S/C30H37N7O6S.C4F6O2/c1-18-12-19(2)27(20(3)13-18)44(41,42)36-24(29(40)43-4)16-34-28(39)23-17-37(11-5-8-31)25-14-21(6-7-22(25)26(23)38)15-35-30-32-9-10-33-30;5-3(6,7)1(11)2(12)4(8,9)10/h6-7,9-10,12-14,17,24,36H,5,8,11,15-16,31H2,1-4H3,(H,34,39)(H2,32,33,35);. The highest BCUT2D eigenvalue weighted by atomic mass is 32.2. The number of halogens is 6. The second-order valence-corrected chi connectivity index (χ2v) is 13.8. The molecule has 304 valence electrons. The molecule has 1 unspecified atom stereocenters. The van der Waals surface area contributed by atoms with Gasteiger partial charge in [-0.15, -0.1) is 0 Å². The smallest absolute Gasteiger partial charge is 0.458 e.